The van der Waals surface area contributed by atoms with Crippen LogP contribution < -0.4 is 10.6 Å². The Morgan fingerprint density at radius 3 is 2.79 bits per heavy atom. The van der Waals surface area contributed by atoms with Gasteiger partial charge in [0.1, 0.15) is 5.60 Å². The third kappa shape index (κ3) is 5.43. The molecule has 1 unspecified atom stereocenters. The minimum absolute atomic E-state index is 0.297. The third-order valence-electron chi connectivity index (χ3n) is 4.40. The zero-order chi connectivity index (χ0) is 19.8. The molecule has 2 aromatic heterocycles. The third-order valence-corrected chi connectivity index (χ3v) is 5.08. The lowest BCUT2D eigenvalue weighted by atomic mass is 10.00. The molecule has 1 aromatic carbocycles. The van der Waals surface area contributed by atoms with Crippen molar-refractivity contribution in [3.63, 3.8) is 0 Å². The molecule has 3 aromatic rings. The predicted molar refractivity (Wildman–Crippen MR) is 115 cm³/mol. The summed E-state index contributed by atoms with van der Waals surface area (Å²) >= 11 is 1.58. The molecule has 0 saturated carbocycles. The first kappa shape index (κ1) is 20.1. The average Bonchev–Trinajstić information content (AvgIpc) is 3.39. The van der Waals surface area contributed by atoms with Crippen LogP contribution in [0.1, 0.15) is 25.0 Å². The number of guanidine groups is 1. The molecule has 2 heterocycles. The lowest BCUT2D eigenvalue weighted by Gasteiger charge is -2.21. The molecule has 0 saturated heterocycles. The van der Waals surface area contributed by atoms with Gasteiger partial charge in [0.05, 0.1) is 18.4 Å². The Kier molecular flexibility index (Phi) is 6.84. The summed E-state index contributed by atoms with van der Waals surface area (Å²) in [4.78, 5) is 4.55. The SMILES string of the molecule is CCNC(=NCC(C)(O)c1ccsc1)NCCc1cnn(-c2ccccc2)c1. The van der Waals surface area contributed by atoms with E-state index in [4.69, 9.17) is 0 Å². The van der Waals surface area contributed by atoms with Crippen LogP contribution in [0.15, 0.2) is 64.5 Å². The molecule has 28 heavy (non-hydrogen) atoms. The molecule has 1 atom stereocenters. The molecular weight excluding hydrogens is 370 g/mol. The van der Waals surface area contributed by atoms with Gasteiger partial charge in [0.15, 0.2) is 5.96 Å². The first-order valence-corrected chi connectivity index (χ1v) is 10.4. The number of aliphatic imine (C=N–C) groups is 1. The largest absolute Gasteiger partial charge is 0.383 e. The maximum Gasteiger partial charge on any atom is 0.191 e. The molecule has 0 fully saturated rings. The van der Waals surface area contributed by atoms with Gasteiger partial charge in [-0.25, -0.2) is 9.67 Å². The number of para-hydroxylation sites is 1. The second kappa shape index (κ2) is 9.52. The van der Waals surface area contributed by atoms with Gasteiger partial charge in [-0.2, -0.15) is 16.4 Å². The highest BCUT2D eigenvalue weighted by Gasteiger charge is 2.23. The maximum absolute atomic E-state index is 10.6. The second-order valence-electron chi connectivity index (χ2n) is 6.79. The van der Waals surface area contributed by atoms with E-state index < -0.39 is 5.60 Å². The summed E-state index contributed by atoms with van der Waals surface area (Å²) in [5.41, 5.74) is 2.12. The Morgan fingerprint density at radius 2 is 2.07 bits per heavy atom. The number of thiophene rings is 1. The maximum atomic E-state index is 10.6. The lowest BCUT2D eigenvalue weighted by molar-refractivity contribution is 0.0677. The molecule has 7 heteroatoms. The first-order valence-electron chi connectivity index (χ1n) is 9.44. The van der Waals surface area contributed by atoms with Crippen molar-refractivity contribution in [2.75, 3.05) is 19.6 Å². The average molecular weight is 398 g/mol. The van der Waals surface area contributed by atoms with Crippen LogP contribution in [0.2, 0.25) is 0 Å². The zero-order valence-corrected chi connectivity index (χ0v) is 17.1. The molecule has 3 rings (SSSR count). The zero-order valence-electron chi connectivity index (χ0n) is 16.3. The number of nitrogens with zero attached hydrogens (tertiary/aromatic N) is 3. The fraction of sp³-hybridized carbons (Fsp3) is 0.333. The van der Waals surface area contributed by atoms with E-state index in [1.807, 2.05) is 71.2 Å². The minimum atomic E-state index is -0.973. The van der Waals surface area contributed by atoms with E-state index >= 15 is 0 Å². The van der Waals surface area contributed by atoms with Gasteiger partial charge in [0.25, 0.3) is 0 Å². The van der Waals surface area contributed by atoms with Crippen LogP contribution in [0.4, 0.5) is 0 Å². The molecule has 0 aliphatic heterocycles. The van der Waals surface area contributed by atoms with Crippen LogP contribution in [-0.2, 0) is 12.0 Å². The fourth-order valence-electron chi connectivity index (χ4n) is 2.77. The van der Waals surface area contributed by atoms with E-state index in [1.54, 1.807) is 18.3 Å². The van der Waals surface area contributed by atoms with Crippen molar-refractivity contribution in [1.82, 2.24) is 20.4 Å². The highest BCUT2D eigenvalue weighted by Crippen LogP contribution is 2.23. The van der Waals surface area contributed by atoms with Crippen molar-refractivity contribution in [3.05, 3.63) is 70.7 Å². The number of aromatic nitrogens is 2. The Morgan fingerprint density at radius 1 is 1.25 bits per heavy atom. The molecule has 0 bridgehead atoms. The van der Waals surface area contributed by atoms with Crippen LogP contribution in [-0.4, -0.2) is 40.5 Å². The van der Waals surface area contributed by atoms with Crippen LogP contribution >= 0.6 is 11.3 Å². The molecule has 6 nitrogen and oxygen atoms in total. The van der Waals surface area contributed by atoms with Crippen LogP contribution in [0, 0.1) is 0 Å². The molecule has 0 spiro atoms. The first-order chi connectivity index (χ1) is 13.6. The quantitative estimate of drug-likeness (QED) is 0.404. The monoisotopic (exact) mass is 397 g/mol. The topological polar surface area (TPSA) is 74.5 Å². The molecule has 0 amide bonds. The van der Waals surface area contributed by atoms with Gasteiger partial charge in [-0.3, -0.25) is 0 Å². The van der Waals surface area contributed by atoms with Crippen molar-refractivity contribution >= 4 is 17.3 Å². The Balaban J connectivity index is 1.54. The normalized spacial score (nSPS) is 13.9. The number of hydrogen-bond donors (Lipinski definition) is 3. The molecule has 148 valence electrons. The van der Waals surface area contributed by atoms with Crippen molar-refractivity contribution in [3.8, 4) is 5.69 Å². The second-order valence-corrected chi connectivity index (χ2v) is 7.57. The number of benzene rings is 1. The van der Waals surface area contributed by atoms with E-state index in [9.17, 15) is 5.11 Å². The van der Waals surface area contributed by atoms with Crippen molar-refractivity contribution < 1.29 is 5.11 Å². The van der Waals surface area contributed by atoms with E-state index in [2.05, 4.69) is 20.7 Å². The fourth-order valence-corrected chi connectivity index (χ4v) is 3.56. The summed E-state index contributed by atoms with van der Waals surface area (Å²) < 4.78 is 1.88. The van der Waals surface area contributed by atoms with Crippen molar-refractivity contribution in [2.45, 2.75) is 25.9 Å². The van der Waals surface area contributed by atoms with Gasteiger partial charge in [0, 0.05) is 19.3 Å². The van der Waals surface area contributed by atoms with Crippen molar-refractivity contribution in [2.24, 2.45) is 4.99 Å². The standard InChI is InChI=1S/C21H27N5OS/c1-3-22-20(24-16-21(2,27)18-10-12-28-15-18)23-11-9-17-13-25-26(14-17)19-7-5-4-6-8-19/h4-8,10,12-15,27H,3,9,11,16H2,1-2H3,(H2,22,23,24). The van der Waals surface area contributed by atoms with E-state index in [-0.39, 0.29) is 0 Å². The Bertz CT molecular complexity index is 871. The van der Waals surface area contributed by atoms with Gasteiger partial charge >= 0.3 is 0 Å². The molecule has 3 N–H and O–H groups in total. The van der Waals surface area contributed by atoms with Gasteiger partial charge in [-0.05, 0) is 60.4 Å². The van der Waals surface area contributed by atoms with Gasteiger partial charge in [0.2, 0.25) is 0 Å². The molecule has 0 radical (unpaired) electrons. The summed E-state index contributed by atoms with van der Waals surface area (Å²) in [5.74, 6) is 0.702. The summed E-state index contributed by atoms with van der Waals surface area (Å²) in [6.07, 6.45) is 4.76. The van der Waals surface area contributed by atoms with Gasteiger partial charge < -0.3 is 15.7 Å². The van der Waals surface area contributed by atoms with E-state index in [1.165, 1.54) is 0 Å². The smallest absolute Gasteiger partial charge is 0.191 e. The molecule has 0 aliphatic rings. The number of hydrogen-bond acceptors (Lipinski definition) is 4. The summed E-state index contributed by atoms with van der Waals surface area (Å²) in [6, 6.07) is 12.0. The highest BCUT2D eigenvalue weighted by atomic mass is 32.1. The number of aliphatic hydroxyl groups is 1. The lowest BCUT2D eigenvalue weighted by Crippen LogP contribution is -2.39. The van der Waals surface area contributed by atoms with E-state index in [0.29, 0.717) is 12.5 Å². The van der Waals surface area contributed by atoms with Crippen molar-refractivity contribution in [1.29, 1.82) is 0 Å². The summed E-state index contributed by atoms with van der Waals surface area (Å²) in [6.45, 7) is 5.61. The van der Waals surface area contributed by atoms with Crippen LogP contribution in [0.25, 0.3) is 5.69 Å². The Labute approximate surface area is 170 Å². The molecule has 0 aliphatic carbocycles. The molecular formula is C21H27N5OS. The van der Waals surface area contributed by atoms with Crippen LogP contribution in [0.5, 0.6) is 0 Å². The highest BCUT2D eigenvalue weighted by molar-refractivity contribution is 7.08. The number of rotatable bonds is 8. The van der Waals surface area contributed by atoms with Crippen LogP contribution in [0.3, 0.4) is 0 Å². The van der Waals surface area contributed by atoms with Gasteiger partial charge in [-0.1, -0.05) is 18.2 Å². The summed E-state index contributed by atoms with van der Waals surface area (Å²) in [5, 5.41) is 25.5. The van der Waals surface area contributed by atoms with E-state index in [0.717, 1.165) is 36.3 Å². The number of nitrogens with one attached hydrogen (secondary N) is 2. The predicted octanol–water partition coefficient (Wildman–Crippen LogP) is 2.94. The van der Waals surface area contributed by atoms with Gasteiger partial charge in [-0.15, -0.1) is 0 Å². The Hall–Kier alpha value is -2.64. The summed E-state index contributed by atoms with van der Waals surface area (Å²) in [7, 11) is 0. The minimum Gasteiger partial charge on any atom is -0.383 e.